The van der Waals surface area contributed by atoms with Gasteiger partial charge >= 0.3 is 0 Å². The number of hydrogen-bond acceptors (Lipinski definition) is 1. The van der Waals surface area contributed by atoms with Crippen molar-refractivity contribution in [1.29, 1.82) is 0 Å². The van der Waals surface area contributed by atoms with Crippen molar-refractivity contribution < 1.29 is 9.18 Å². The molecule has 2 aromatic rings. The van der Waals surface area contributed by atoms with Crippen LogP contribution in [0, 0.1) is 5.82 Å². The van der Waals surface area contributed by atoms with Crippen molar-refractivity contribution in [1.82, 2.24) is 0 Å². The maximum Gasteiger partial charge on any atom is 0.162 e. The summed E-state index contributed by atoms with van der Waals surface area (Å²) in [5.41, 5.74) is 2.21. The van der Waals surface area contributed by atoms with Crippen LogP contribution in [0.5, 0.6) is 0 Å². The summed E-state index contributed by atoms with van der Waals surface area (Å²) in [5, 5.41) is 0.360. The van der Waals surface area contributed by atoms with Crippen molar-refractivity contribution in [2.24, 2.45) is 0 Å². The van der Waals surface area contributed by atoms with Crippen molar-refractivity contribution in [3.8, 4) is 11.1 Å². The molecule has 0 atom stereocenters. The maximum atomic E-state index is 13.2. The average molecular weight is 263 g/mol. The van der Waals surface area contributed by atoms with Crippen LogP contribution < -0.4 is 0 Å². The Morgan fingerprint density at radius 3 is 2.33 bits per heavy atom. The molecule has 0 aliphatic rings. The number of ketones is 1. The lowest BCUT2D eigenvalue weighted by molar-refractivity contribution is 0.0988. The first-order valence-electron chi connectivity index (χ1n) is 5.70. The van der Waals surface area contributed by atoms with Gasteiger partial charge in [-0.2, -0.15) is 0 Å². The molecular formula is C15H12ClFO. The van der Waals surface area contributed by atoms with Crippen LogP contribution in [-0.4, -0.2) is 5.78 Å². The molecule has 0 fully saturated rings. The van der Waals surface area contributed by atoms with Gasteiger partial charge in [0.05, 0.1) is 0 Å². The fourth-order valence-corrected chi connectivity index (χ4v) is 1.99. The van der Waals surface area contributed by atoms with E-state index < -0.39 is 0 Å². The number of rotatable bonds is 3. The SMILES string of the molecule is CCC(=O)c1ccc(-c2cc(F)cc(Cl)c2)cc1. The molecule has 18 heavy (non-hydrogen) atoms. The van der Waals surface area contributed by atoms with Gasteiger partial charge in [0.15, 0.2) is 5.78 Å². The quantitative estimate of drug-likeness (QED) is 0.730. The van der Waals surface area contributed by atoms with Crippen LogP contribution >= 0.6 is 11.6 Å². The largest absolute Gasteiger partial charge is 0.294 e. The highest BCUT2D eigenvalue weighted by Crippen LogP contribution is 2.24. The van der Waals surface area contributed by atoms with Crippen molar-refractivity contribution in [2.75, 3.05) is 0 Å². The highest BCUT2D eigenvalue weighted by molar-refractivity contribution is 6.30. The molecule has 92 valence electrons. The van der Waals surface area contributed by atoms with E-state index in [1.54, 1.807) is 30.3 Å². The zero-order valence-corrected chi connectivity index (χ0v) is 10.7. The van der Waals surface area contributed by atoms with Crippen LogP contribution in [0.1, 0.15) is 23.7 Å². The predicted octanol–water partition coefficient (Wildman–Crippen LogP) is 4.74. The van der Waals surface area contributed by atoms with Crippen LogP contribution in [-0.2, 0) is 0 Å². The summed E-state index contributed by atoms with van der Waals surface area (Å²) in [6.45, 7) is 1.82. The predicted molar refractivity (Wildman–Crippen MR) is 71.5 cm³/mol. The number of halogens is 2. The van der Waals surface area contributed by atoms with Crippen LogP contribution in [0.3, 0.4) is 0 Å². The van der Waals surface area contributed by atoms with Crippen LogP contribution in [0.15, 0.2) is 42.5 Å². The molecule has 0 amide bonds. The Bertz CT molecular complexity index is 555. The lowest BCUT2D eigenvalue weighted by atomic mass is 10.0. The minimum absolute atomic E-state index is 0.0961. The van der Waals surface area contributed by atoms with Crippen molar-refractivity contribution in [3.05, 3.63) is 58.9 Å². The molecule has 0 aliphatic heterocycles. The second-order valence-corrected chi connectivity index (χ2v) is 4.45. The second kappa shape index (κ2) is 5.32. The molecule has 0 aliphatic carbocycles. The minimum Gasteiger partial charge on any atom is -0.294 e. The standard InChI is InChI=1S/C15H12ClFO/c1-2-15(18)11-5-3-10(4-6-11)12-7-13(16)9-14(17)8-12/h3-9H,2H2,1H3. The molecule has 0 N–H and O–H groups in total. The molecule has 2 rings (SSSR count). The Balaban J connectivity index is 2.37. The van der Waals surface area contributed by atoms with E-state index in [1.165, 1.54) is 12.1 Å². The second-order valence-electron chi connectivity index (χ2n) is 4.01. The Labute approximate surface area is 110 Å². The molecule has 0 aromatic heterocycles. The molecule has 2 aromatic carbocycles. The van der Waals surface area contributed by atoms with Crippen LogP contribution in [0.25, 0.3) is 11.1 Å². The van der Waals surface area contributed by atoms with Gasteiger partial charge in [-0.3, -0.25) is 4.79 Å². The third-order valence-electron chi connectivity index (χ3n) is 2.72. The molecule has 0 saturated heterocycles. The zero-order chi connectivity index (χ0) is 13.1. The van der Waals surface area contributed by atoms with Crippen LogP contribution in [0.4, 0.5) is 4.39 Å². The maximum absolute atomic E-state index is 13.2. The number of carbonyl (C=O) groups is 1. The molecular weight excluding hydrogens is 251 g/mol. The van der Waals surface area contributed by atoms with Gasteiger partial charge in [-0.05, 0) is 29.3 Å². The summed E-state index contributed by atoms with van der Waals surface area (Å²) in [7, 11) is 0. The molecule has 0 saturated carbocycles. The van der Waals surface area contributed by atoms with Gasteiger partial charge in [-0.15, -0.1) is 0 Å². The van der Waals surface area contributed by atoms with E-state index >= 15 is 0 Å². The van der Waals surface area contributed by atoms with Gasteiger partial charge < -0.3 is 0 Å². The first-order chi connectivity index (χ1) is 8.60. The summed E-state index contributed by atoms with van der Waals surface area (Å²) in [4.78, 5) is 11.5. The van der Waals surface area contributed by atoms with Gasteiger partial charge in [0.25, 0.3) is 0 Å². The first kappa shape index (κ1) is 12.8. The molecule has 0 bridgehead atoms. The van der Waals surface area contributed by atoms with E-state index in [0.717, 1.165) is 5.56 Å². The smallest absolute Gasteiger partial charge is 0.162 e. The molecule has 0 heterocycles. The molecule has 0 spiro atoms. The van der Waals surface area contributed by atoms with Gasteiger partial charge in [-0.1, -0.05) is 42.8 Å². The van der Waals surface area contributed by atoms with Gasteiger partial charge in [-0.25, -0.2) is 4.39 Å². The van der Waals surface area contributed by atoms with E-state index in [9.17, 15) is 9.18 Å². The zero-order valence-electron chi connectivity index (χ0n) is 9.91. The van der Waals surface area contributed by atoms with Crippen molar-refractivity contribution >= 4 is 17.4 Å². The highest BCUT2D eigenvalue weighted by Gasteiger charge is 2.05. The third kappa shape index (κ3) is 2.77. The van der Waals surface area contributed by atoms with E-state index in [2.05, 4.69) is 0 Å². The monoisotopic (exact) mass is 262 g/mol. The van der Waals surface area contributed by atoms with Gasteiger partial charge in [0, 0.05) is 17.0 Å². The van der Waals surface area contributed by atoms with Gasteiger partial charge in [0.1, 0.15) is 5.82 Å². The molecule has 0 unspecified atom stereocenters. The van der Waals surface area contributed by atoms with E-state index in [4.69, 9.17) is 11.6 Å². The minimum atomic E-state index is -0.369. The van der Waals surface area contributed by atoms with E-state index in [0.29, 0.717) is 22.6 Å². The topological polar surface area (TPSA) is 17.1 Å². The Kier molecular flexibility index (Phi) is 3.78. The Hall–Kier alpha value is -1.67. The summed E-state index contributed by atoms with van der Waals surface area (Å²) in [5.74, 6) is -0.273. The van der Waals surface area contributed by atoms with Crippen molar-refractivity contribution in [2.45, 2.75) is 13.3 Å². The summed E-state index contributed by atoms with van der Waals surface area (Å²) in [6.07, 6.45) is 0.477. The summed E-state index contributed by atoms with van der Waals surface area (Å²) in [6, 6.07) is 11.5. The normalized spacial score (nSPS) is 10.4. The Morgan fingerprint density at radius 2 is 1.78 bits per heavy atom. The molecule has 0 radical (unpaired) electrons. The van der Waals surface area contributed by atoms with E-state index in [-0.39, 0.29) is 11.6 Å². The Morgan fingerprint density at radius 1 is 1.11 bits per heavy atom. The van der Waals surface area contributed by atoms with Crippen molar-refractivity contribution in [3.63, 3.8) is 0 Å². The third-order valence-corrected chi connectivity index (χ3v) is 2.94. The average Bonchev–Trinajstić information content (AvgIpc) is 2.37. The highest BCUT2D eigenvalue weighted by atomic mass is 35.5. The molecule has 3 heteroatoms. The lowest BCUT2D eigenvalue weighted by Crippen LogP contribution is -1.95. The summed E-state index contributed by atoms with van der Waals surface area (Å²) >= 11 is 5.81. The fourth-order valence-electron chi connectivity index (χ4n) is 1.77. The fraction of sp³-hybridized carbons (Fsp3) is 0.133. The first-order valence-corrected chi connectivity index (χ1v) is 6.07. The number of hydrogen-bond donors (Lipinski definition) is 0. The number of Topliss-reactive ketones (excluding diaryl/α,β-unsaturated/α-hetero) is 1. The van der Waals surface area contributed by atoms with Crippen LogP contribution in [0.2, 0.25) is 5.02 Å². The van der Waals surface area contributed by atoms with E-state index in [1.807, 2.05) is 6.92 Å². The van der Waals surface area contributed by atoms with Gasteiger partial charge in [0.2, 0.25) is 0 Å². The molecule has 1 nitrogen and oxygen atoms in total. The lowest BCUT2D eigenvalue weighted by Gasteiger charge is -2.04. The summed E-state index contributed by atoms with van der Waals surface area (Å²) < 4.78 is 13.2. The number of carbonyl (C=O) groups excluding carboxylic acids is 1. The number of benzene rings is 2.